The minimum atomic E-state index is -0.339. The number of amides is 1. The van der Waals surface area contributed by atoms with Gasteiger partial charge in [-0.3, -0.25) is 4.79 Å². The summed E-state index contributed by atoms with van der Waals surface area (Å²) in [5.41, 5.74) is 5.87. The van der Waals surface area contributed by atoms with Gasteiger partial charge in [0.25, 0.3) is 0 Å². The highest BCUT2D eigenvalue weighted by Crippen LogP contribution is 2.24. The fourth-order valence-electron chi connectivity index (χ4n) is 2.39. The maximum atomic E-state index is 12.0. The molecule has 0 heterocycles. The van der Waals surface area contributed by atoms with Gasteiger partial charge < -0.3 is 10.6 Å². The van der Waals surface area contributed by atoms with Crippen molar-refractivity contribution >= 4 is 5.91 Å². The number of nitrogens with zero attached hydrogens (tertiary/aromatic N) is 1. The molecule has 3 nitrogen and oxygen atoms in total. The van der Waals surface area contributed by atoms with Crippen LogP contribution in [0.15, 0.2) is 0 Å². The lowest BCUT2D eigenvalue weighted by Gasteiger charge is -2.29. The second kappa shape index (κ2) is 6.24. The molecule has 16 heavy (non-hydrogen) atoms. The Bertz CT molecular complexity index is 222. The fraction of sp³-hybridized carbons (Fsp3) is 0.923. The number of carbonyl (C=O) groups is 1. The topological polar surface area (TPSA) is 46.3 Å². The van der Waals surface area contributed by atoms with E-state index in [-0.39, 0.29) is 17.9 Å². The highest BCUT2D eigenvalue weighted by atomic mass is 16.2. The monoisotopic (exact) mass is 226 g/mol. The quantitative estimate of drug-likeness (QED) is 0.797. The van der Waals surface area contributed by atoms with Crippen molar-refractivity contribution in [2.75, 3.05) is 13.6 Å². The minimum absolute atomic E-state index is 0.0978. The van der Waals surface area contributed by atoms with Gasteiger partial charge in [0.1, 0.15) is 0 Å². The van der Waals surface area contributed by atoms with Crippen LogP contribution in [0, 0.1) is 11.8 Å². The van der Waals surface area contributed by atoms with E-state index in [0.717, 1.165) is 6.54 Å². The molecule has 1 rings (SSSR count). The van der Waals surface area contributed by atoms with E-state index in [1.165, 1.54) is 32.1 Å². The van der Waals surface area contributed by atoms with Gasteiger partial charge >= 0.3 is 0 Å². The van der Waals surface area contributed by atoms with E-state index in [1.54, 1.807) is 0 Å². The van der Waals surface area contributed by atoms with Gasteiger partial charge in [-0.05, 0) is 24.7 Å². The van der Waals surface area contributed by atoms with Crippen LogP contribution in [0.5, 0.6) is 0 Å². The Balaban J connectivity index is 2.38. The van der Waals surface area contributed by atoms with Crippen molar-refractivity contribution in [3.8, 4) is 0 Å². The second-order valence-electron chi connectivity index (χ2n) is 5.49. The molecule has 0 unspecified atom stereocenters. The van der Waals surface area contributed by atoms with Crippen molar-refractivity contribution in [1.29, 1.82) is 0 Å². The van der Waals surface area contributed by atoms with E-state index in [4.69, 9.17) is 5.73 Å². The summed E-state index contributed by atoms with van der Waals surface area (Å²) in [5.74, 6) is 1.02. The Morgan fingerprint density at radius 2 is 1.88 bits per heavy atom. The first kappa shape index (κ1) is 13.5. The molecule has 1 saturated carbocycles. The third-order valence-electron chi connectivity index (χ3n) is 3.64. The molecule has 3 heteroatoms. The summed E-state index contributed by atoms with van der Waals surface area (Å²) in [5, 5.41) is 0. The normalized spacial score (nSPS) is 19.8. The molecular weight excluding hydrogens is 200 g/mol. The third kappa shape index (κ3) is 3.78. The van der Waals surface area contributed by atoms with Crippen molar-refractivity contribution in [1.82, 2.24) is 4.90 Å². The van der Waals surface area contributed by atoms with Crippen molar-refractivity contribution < 1.29 is 4.79 Å². The first-order valence-electron chi connectivity index (χ1n) is 6.53. The van der Waals surface area contributed by atoms with Gasteiger partial charge in [-0.25, -0.2) is 0 Å². The summed E-state index contributed by atoms with van der Waals surface area (Å²) in [4.78, 5) is 13.8. The first-order chi connectivity index (χ1) is 7.52. The van der Waals surface area contributed by atoms with Gasteiger partial charge in [0, 0.05) is 13.6 Å². The molecule has 0 aromatic carbocycles. The summed E-state index contributed by atoms with van der Waals surface area (Å²) in [7, 11) is 1.89. The number of nitrogens with two attached hydrogens (primary N) is 1. The Labute approximate surface area is 99.4 Å². The van der Waals surface area contributed by atoms with Crippen molar-refractivity contribution in [2.24, 2.45) is 17.6 Å². The smallest absolute Gasteiger partial charge is 0.239 e. The van der Waals surface area contributed by atoms with Crippen LogP contribution >= 0.6 is 0 Å². The molecule has 0 radical (unpaired) electrons. The van der Waals surface area contributed by atoms with E-state index in [1.807, 2.05) is 25.8 Å². The van der Waals surface area contributed by atoms with E-state index < -0.39 is 0 Å². The average molecular weight is 226 g/mol. The summed E-state index contributed by atoms with van der Waals surface area (Å²) in [6, 6.07) is -0.339. The fourth-order valence-corrected chi connectivity index (χ4v) is 2.39. The molecule has 1 atom stereocenters. The van der Waals surface area contributed by atoms with Crippen LogP contribution in [0.4, 0.5) is 0 Å². The zero-order valence-electron chi connectivity index (χ0n) is 10.9. The zero-order valence-corrected chi connectivity index (χ0v) is 10.9. The number of hydrogen-bond acceptors (Lipinski definition) is 2. The largest absolute Gasteiger partial charge is 0.344 e. The van der Waals surface area contributed by atoms with Crippen LogP contribution in [0.2, 0.25) is 0 Å². The first-order valence-corrected chi connectivity index (χ1v) is 6.53. The van der Waals surface area contributed by atoms with Gasteiger partial charge in [-0.15, -0.1) is 0 Å². The molecule has 1 fully saturated rings. The number of hydrogen-bond donors (Lipinski definition) is 1. The SMILES string of the molecule is CC(C)[C@H](N)C(=O)N(C)CC1CCCCC1. The van der Waals surface area contributed by atoms with Gasteiger partial charge in [-0.1, -0.05) is 33.1 Å². The van der Waals surface area contributed by atoms with Gasteiger partial charge in [0.2, 0.25) is 5.91 Å². The van der Waals surface area contributed by atoms with Crippen LogP contribution in [0.3, 0.4) is 0 Å². The summed E-state index contributed by atoms with van der Waals surface area (Å²) >= 11 is 0. The maximum absolute atomic E-state index is 12.0. The molecule has 1 aliphatic rings. The highest BCUT2D eigenvalue weighted by molar-refractivity contribution is 5.81. The van der Waals surface area contributed by atoms with E-state index in [2.05, 4.69) is 0 Å². The average Bonchev–Trinajstić information content (AvgIpc) is 2.28. The van der Waals surface area contributed by atoms with E-state index in [0.29, 0.717) is 5.92 Å². The molecule has 1 aliphatic carbocycles. The summed E-state index contributed by atoms with van der Waals surface area (Å²) < 4.78 is 0. The maximum Gasteiger partial charge on any atom is 0.239 e. The Hall–Kier alpha value is -0.570. The number of likely N-dealkylation sites (N-methyl/N-ethyl adjacent to an activating group) is 1. The Morgan fingerprint density at radius 3 is 2.38 bits per heavy atom. The predicted molar refractivity (Wildman–Crippen MR) is 67.0 cm³/mol. The standard InChI is InChI=1S/C13H26N2O/c1-10(2)12(14)13(16)15(3)9-11-7-5-4-6-8-11/h10-12H,4-9,14H2,1-3H3/t12-/m0/s1. The molecule has 0 aromatic heterocycles. The van der Waals surface area contributed by atoms with Crippen LogP contribution in [0.1, 0.15) is 46.0 Å². The Kier molecular flexibility index (Phi) is 5.26. The lowest BCUT2D eigenvalue weighted by molar-refractivity contribution is -0.132. The molecule has 1 amide bonds. The van der Waals surface area contributed by atoms with Crippen LogP contribution in [-0.4, -0.2) is 30.4 Å². The zero-order chi connectivity index (χ0) is 12.1. The Morgan fingerprint density at radius 1 is 1.31 bits per heavy atom. The number of carbonyl (C=O) groups excluding carboxylic acids is 1. The molecular formula is C13H26N2O. The molecule has 0 aromatic rings. The summed E-state index contributed by atoms with van der Waals surface area (Å²) in [6.45, 7) is 4.88. The second-order valence-corrected chi connectivity index (χ2v) is 5.49. The van der Waals surface area contributed by atoms with Crippen LogP contribution < -0.4 is 5.73 Å². The lowest BCUT2D eigenvalue weighted by Crippen LogP contribution is -2.46. The predicted octanol–water partition coefficient (Wildman–Crippen LogP) is 2.01. The van der Waals surface area contributed by atoms with E-state index in [9.17, 15) is 4.79 Å². The van der Waals surface area contributed by atoms with Crippen molar-refractivity contribution in [2.45, 2.75) is 52.0 Å². The number of rotatable bonds is 4. The molecule has 0 spiro atoms. The molecule has 0 bridgehead atoms. The van der Waals surface area contributed by atoms with Crippen LogP contribution in [-0.2, 0) is 4.79 Å². The van der Waals surface area contributed by atoms with Gasteiger partial charge in [0.15, 0.2) is 0 Å². The minimum Gasteiger partial charge on any atom is -0.344 e. The lowest BCUT2D eigenvalue weighted by atomic mass is 9.89. The molecule has 2 N–H and O–H groups in total. The molecule has 94 valence electrons. The van der Waals surface area contributed by atoms with Crippen molar-refractivity contribution in [3.63, 3.8) is 0 Å². The van der Waals surface area contributed by atoms with Gasteiger partial charge in [0.05, 0.1) is 6.04 Å². The third-order valence-corrected chi connectivity index (χ3v) is 3.64. The highest BCUT2D eigenvalue weighted by Gasteiger charge is 2.23. The van der Waals surface area contributed by atoms with E-state index >= 15 is 0 Å². The molecule has 0 aliphatic heterocycles. The summed E-state index contributed by atoms with van der Waals surface area (Å²) in [6.07, 6.45) is 6.55. The van der Waals surface area contributed by atoms with Crippen LogP contribution in [0.25, 0.3) is 0 Å². The van der Waals surface area contributed by atoms with Gasteiger partial charge in [-0.2, -0.15) is 0 Å². The van der Waals surface area contributed by atoms with Crippen molar-refractivity contribution in [3.05, 3.63) is 0 Å². The molecule has 0 saturated heterocycles.